The minimum Gasteiger partial charge on any atom is -0.347 e. The highest BCUT2D eigenvalue weighted by Gasteiger charge is 2.27. The molecule has 1 rings (SSSR count). The van der Waals surface area contributed by atoms with Gasteiger partial charge in [0.05, 0.1) is 5.02 Å². The first-order valence-corrected chi connectivity index (χ1v) is 6.45. The second-order valence-electron chi connectivity index (χ2n) is 3.42. The van der Waals surface area contributed by atoms with Crippen LogP contribution < -0.4 is 5.32 Å². The van der Waals surface area contributed by atoms with Crippen LogP contribution in [0.5, 0.6) is 0 Å². The Hall–Kier alpha value is -0.880. The molecule has 1 amide bonds. The van der Waals surface area contributed by atoms with Crippen molar-refractivity contribution in [1.82, 2.24) is 5.32 Å². The Kier molecular flexibility index (Phi) is 5.81. The van der Waals surface area contributed by atoms with Crippen LogP contribution in [0.15, 0.2) is 29.2 Å². The summed E-state index contributed by atoms with van der Waals surface area (Å²) in [5.74, 6) is -0.236. The highest BCUT2D eigenvalue weighted by Crippen LogP contribution is 2.26. The van der Waals surface area contributed by atoms with Crippen molar-refractivity contribution in [3.05, 3.63) is 29.3 Å². The normalized spacial score (nSPS) is 11.3. The smallest absolute Gasteiger partial charge is 0.347 e. The zero-order chi connectivity index (χ0) is 13.6. The van der Waals surface area contributed by atoms with Gasteiger partial charge in [0.25, 0.3) is 0 Å². The van der Waals surface area contributed by atoms with Crippen molar-refractivity contribution in [2.24, 2.45) is 0 Å². The summed E-state index contributed by atoms with van der Waals surface area (Å²) in [4.78, 5) is 11.9. The number of carbonyl (C=O) groups excluding carboxylic acids is 1. The number of halogens is 4. The molecule has 2 nitrogen and oxygen atoms in total. The van der Waals surface area contributed by atoms with E-state index in [0.717, 1.165) is 4.90 Å². The van der Waals surface area contributed by atoms with Gasteiger partial charge in [0.15, 0.2) is 0 Å². The largest absolute Gasteiger partial charge is 0.405 e. The van der Waals surface area contributed by atoms with Gasteiger partial charge in [-0.2, -0.15) is 13.2 Å². The SMILES string of the molecule is O=C(CCSc1ccccc1Cl)NCC(F)(F)F. The molecule has 0 aliphatic heterocycles. The molecule has 1 aromatic rings. The predicted molar refractivity (Wildman–Crippen MR) is 65.9 cm³/mol. The van der Waals surface area contributed by atoms with Crippen LogP contribution in [0.4, 0.5) is 13.2 Å². The number of hydrogen-bond donors (Lipinski definition) is 1. The van der Waals surface area contributed by atoms with Gasteiger partial charge >= 0.3 is 6.18 Å². The fraction of sp³-hybridized carbons (Fsp3) is 0.364. The Labute approximate surface area is 112 Å². The van der Waals surface area contributed by atoms with Crippen molar-refractivity contribution in [3.63, 3.8) is 0 Å². The summed E-state index contributed by atoms with van der Waals surface area (Å²) in [5.41, 5.74) is 0. The number of amides is 1. The third-order valence-corrected chi connectivity index (χ3v) is 3.43. The maximum atomic E-state index is 11.8. The molecule has 0 aliphatic carbocycles. The zero-order valence-corrected chi connectivity index (χ0v) is 10.8. The Morgan fingerprint density at radius 1 is 1.33 bits per heavy atom. The van der Waals surface area contributed by atoms with Gasteiger partial charge in [-0.1, -0.05) is 23.7 Å². The van der Waals surface area contributed by atoms with Crippen molar-refractivity contribution in [1.29, 1.82) is 0 Å². The first-order chi connectivity index (χ1) is 8.38. The second-order valence-corrected chi connectivity index (χ2v) is 4.96. The van der Waals surface area contributed by atoms with Gasteiger partial charge in [-0.05, 0) is 12.1 Å². The molecule has 0 heterocycles. The lowest BCUT2D eigenvalue weighted by Crippen LogP contribution is -2.33. The van der Waals surface area contributed by atoms with Crippen LogP contribution in [0.25, 0.3) is 0 Å². The van der Waals surface area contributed by atoms with E-state index in [1.165, 1.54) is 11.8 Å². The monoisotopic (exact) mass is 297 g/mol. The van der Waals surface area contributed by atoms with Crippen molar-refractivity contribution in [3.8, 4) is 0 Å². The maximum Gasteiger partial charge on any atom is 0.405 e. The van der Waals surface area contributed by atoms with E-state index in [1.807, 2.05) is 5.32 Å². The average molecular weight is 298 g/mol. The summed E-state index contributed by atoms with van der Waals surface area (Å²) < 4.78 is 35.5. The molecule has 0 bridgehead atoms. The van der Waals surface area contributed by atoms with Crippen LogP contribution in [0, 0.1) is 0 Å². The zero-order valence-electron chi connectivity index (χ0n) is 9.26. The Morgan fingerprint density at radius 2 is 2.00 bits per heavy atom. The van der Waals surface area contributed by atoms with E-state index in [-0.39, 0.29) is 6.42 Å². The number of carbonyl (C=O) groups is 1. The molecular formula is C11H11ClF3NOS. The maximum absolute atomic E-state index is 11.8. The molecule has 0 radical (unpaired) electrons. The molecule has 0 aliphatic rings. The van der Waals surface area contributed by atoms with Crippen LogP contribution in [-0.4, -0.2) is 24.4 Å². The molecule has 100 valence electrons. The highest BCUT2D eigenvalue weighted by atomic mass is 35.5. The first kappa shape index (κ1) is 15.2. The molecule has 18 heavy (non-hydrogen) atoms. The van der Waals surface area contributed by atoms with E-state index in [4.69, 9.17) is 11.6 Å². The number of hydrogen-bond acceptors (Lipinski definition) is 2. The van der Waals surface area contributed by atoms with Gasteiger partial charge in [-0.15, -0.1) is 11.8 Å². The van der Waals surface area contributed by atoms with Crippen LogP contribution in [-0.2, 0) is 4.79 Å². The van der Waals surface area contributed by atoms with E-state index in [1.54, 1.807) is 24.3 Å². The molecule has 7 heteroatoms. The summed E-state index contributed by atoms with van der Waals surface area (Å²) in [6, 6.07) is 7.09. The van der Waals surface area contributed by atoms with Crippen LogP contribution >= 0.6 is 23.4 Å². The van der Waals surface area contributed by atoms with Crippen molar-refractivity contribution in [2.75, 3.05) is 12.3 Å². The minimum atomic E-state index is -4.37. The Balaban J connectivity index is 2.26. The fourth-order valence-electron chi connectivity index (χ4n) is 1.10. The van der Waals surface area contributed by atoms with Crippen LogP contribution in [0.2, 0.25) is 5.02 Å². The predicted octanol–water partition coefficient (Wildman–Crippen LogP) is 3.50. The number of thioether (sulfide) groups is 1. The number of nitrogens with one attached hydrogen (secondary N) is 1. The minimum absolute atomic E-state index is 0.0198. The number of benzene rings is 1. The lowest BCUT2D eigenvalue weighted by Gasteiger charge is -2.08. The molecule has 0 unspecified atom stereocenters. The molecule has 0 saturated heterocycles. The Bertz CT molecular complexity index is 412. The molecule has 0 fully saturated rings. The lowest BCUT2D eigenvalue weighted by atomic mass is 10.4. The van der Waals surface area contributed by atoms with E-state index in [9.17, 15) is 18.0 Å². The summed E-state index contributed by atoms with van der Waals surface area (Å²) in [6.45, 7) is -1.29. The molecule has 1 aromatic carbocycles. The standard InChI is InChI=1S/C11H11ClF3NOS/c12-8-3-1-2-4-9(8)18-6-5-10(17)16-7-11(13,14)15/h1-4H,5-7H2,(H,16,17). The third kappa shape index (κ3) is 6.16. The van der Waals surface area contributed by atoms with Gasteiger partial charge in [0.2, 0.25) is 5.91 Å². The van der Waals surface area contributed by atoms with E-state index in [0.29, 0.717) is 10.8 Å². The van der Waals surface area contributed by atoms with Gasteiger partial charge in [-0.3, -0.25) is 4.79 Å². The van der Waals surface area contributed by atoms with E-state index < -0.39 is 18.6 Å². The fourth-order valence-corrected chi connectivity index (χ4v) is 2.29. The van der Waals surface area contributed by atoms with Crippen LogP contribution in [0.1, 0.15) is 6.42 Å². The summed E-state index contributed by atoms with van der Waals surface area (Å²) >= 11 is 7.23. The topological polar surface area (TPSA) is 29.1 Å². The molecule has 0 spiro atoms. The summed E-state index contributed by atoms with van der Waals surface area (Å²) in [6.07, 6.45) is -4.35. The van der Waals surface area contributed by atoms with E-state index >= 15 is 0 Å². The van der Waals surface area contributed by atoms with Crippen LogP contribution in [0.3, 0.4) is 0 Å². The highest BCUT2D eigenvalue weighted by molar-refractivity contribution is 7.99. The summed E-state index contributed by atoms with van der Waals surface area (Å²) in [5, 5.41) is 2.38. The summed E-state index contributed by atoms with van der Waals surface area (Å²) in [7, 11) is 0. The number of rotatable bonds is 5. The Morgan fingerprint density at radius 3 is 2.61 bits per heavy atom. The lowest BCUT2D eigenvalue weighted by molar-refractivity contribution is -0.138. The van der Waals surface area contributed by atoms with Gasteiger partial charge in [0, 0.05) is 17.1 Å². The molecular weight excluding hydrogens is 287 g/mol. The first-order valence-electron chi connectivity index (χ1n) is 5.09. The van der Waals surface area contributed by atoms with Gasteiger partial charge in [0.1, 0.15) is 6.54 Å². The number of alkyl halides is 3. The molecule has 0 aromatic heterocycles. The third-order valence-electron chi connectivity index (χ3n) is 1.91. The van der Waals surface area contributed by atoms with E-state index in [2.05, 4.69) is 0 Å². The van der Waals surface area contributed by atoms with Gasteiger partial charge < -0.3 is 5.32 Å². The quantitative estimate of drug-likeness (QED) is 0.843. The van der Waals surface area contributed by atoms with Crippen molar-refractivity contribution >= 4 is 29.3 Å². The molecule has 0 saturated carbocycles. The second kappa shape index (κ2) is 6.89. The van der Waals surface area contributed by atoms with Crippen molar-refractivity contribution < 1.29 is 18.0 Å². The molecule has 1 N–H and O–H groups in total. The van der Waals surface area contributed by atoms with Crippen molar-refractivity contribution in [2.45, 2.75) is 17.5 Å². The molecule has 0 atom stereocenters. The van der Waals surface area contributed by atoms with Gasteiger partial charge in [-0.25, -0.2) is 0 Å². The average Bonchev–Trinajstić information content (AvgIpc) is 2.28.